The second-order valence-electron chi connectivity index (χ2n) is 5.43. The maximum absolute atomic E-state index is 12.3. The third-order valence-electron chi connectivity index (χ3n) is 3.57. The zero-order valence-electron chi connectivity index (χ0n) is 13.7. The summed E-state index contributed by atoms with van der Waals surface area (Å²) in [5.41, 5.74) is 4.82. The second kappa shape index (κ2) is 8.39. The summed E-state index contributed by atoms with van der Waals surface area (Å²) in [6.45, 7) is -0.315. The Hall–Kier alpha value is -2.61. The number of carbonyl (C=O) groups is 3. The van der Waals surface area contributed by atoms with Crippen molar-refractivity contribution in [3.05, 3.63) is 69.0 Å². The topological polar surface area (TPSA) is 87.3 Å². The van der Waals surface area contributed by atoms with Gasteiger partial charge in [0.2, 0.25) is 0 Å². The third kappa shape index (κ3) is 4.57. The highest BCUT2D eigenvalue weighted by Crippen LogP contribution is 2.34. The monoisotopic (exact) mass is 421 g/mol. The van der Waals surface area contributed by atoms with Crippen LogP contribution in [0.5, 0.6) is 0 Å². The molecule has 0 aliphatic carbocycles. The number of carbonyl (C=O) groups excluding carboxylic acids is 3. The molecule has 3 aromatic rings. The molecule has 6 nitrogen and oxygen atoms in total. The van der Waals surface area contributed by atoms with Gasteiger partial charge in [-0.2, -0.15) is 0 Å². The number of hydrogen-bond donors (Lipinski definition) is 3. The van der Waals surface area contributed by atoms with E-state index >= 15 is 0 Å². The van der Waals surface area contributed by atoms with Gasteiger partial charge < -0.3 is 5.32 Å². The summed E-state index contributed by atoms with van der Waals surface area (Å²) in [6.07, 6.45) is 0. The molecule has 3 N–H and O–H groups in total. The SMILES string of the molecule is O=C(CNC(=O)c1sc2ccccc2c1Cl)NNC(=O)c1ccc(Cl)cc1. The van der Waals surface area contributed by atoms with Gasteiger partial charge >= 0.3 is 0 Å². The van der Waals surface area contributed by atoms with Crippen molar-refractivity contribution >= 4 is 62.3 Å². The van der Waals surface area contributed by atoms with Gasteiger partial charge in [-0.25, -0.2) is 0 Å². The fourth-order valence-electron chi connectivity index (χ4n) is 2.25. The average Bonchev–Trinajstić information content (AvgIpc) is 3.02. The summed E-state index contributed by atoms with van der Waals surface area (Å²) in [6, 6.07) is 13.5. The number of hydrazine groups is 1. The Balaban J connectivity index is 1.52. The van der Waals surface area contributed by atoms with Gasteiger partial charge in [-0.05, 0) is 30.3 Å². The van der Waals surface area contributed by atoms with Gasteiger partial charge in [-0.3, -0.25) is 25.2 Å². The predicted octanol–water partition coefficient (Wildman–Crippen LogP) is 3.40. The lowest BCUT2D eigenvalue weighted by Crippen LogP contribution is -2.46. The van der Waals surface area contributed by atoms with E-state index < -0.39 is 17.7 Å². The number of amides is 3. The van der Waals surface area contributed by atoms with Crippen molar-refractivity contribution < 1.29 is 14.4 Å². The van der Waals surface area contributed by atoms with Gasteiger partial charge in [0.1, 0.15) is 4.88 Å². The highest BCUT2D eigenvalue weighted by Gasteiger charge is 2.17. The molecule has 3 rings (SSSR count). The van der Waals surface area contributed by atoms with E-state index in [0.717, 1.165) is 10.1 Å². The first-order valence-electron chi connectivity index (χ1n) is 7.75. The first-order valence-corrected chi connectivity index (χ1v) is 9.33. The molecule has 0 aliphatic rings. The van der Waals surface area contributed by atoms with Gasteiger partial charge in [0.15, 0.2) is 0 Å². The minimum absolute atomic E-state index is 0.315. The lowest BCUT2D eigenvalue weighted by atomic mass is 10.2. The summed E-state index contributed by atoms with van der Waals surface area (Å²) >= 11 is 13.2. The number of benzene rings is 2. The van der Waals surface area contributed by atoms with Crippen LogP contribution in [0.4, 0.5) is 0 Å². The van der Waals surface area contributed by atoms with E-state index in [4.69, 9.17) is 23.2 Å². The minimum atomic E-state index is -0.581. The number of thiophene rings is 1. The van der Waals surface area contributed by atoms with Gasteiger partial charge in [-0.1, -0.05) is 41.4 Å². The highest BCUT2D eigenvalue weighted by atomic mass is 35.5. The van der Waals surface area contributed by atoms with Gasteiger partial charge in [0.05, 0.1) is 11.6 Å². The number of rotatable bonds is 4. The molecule has 0 fully saturated rings. The smallest absolute Gasteiger partial charge is 0.269 e. The van der Waals surface area contributed by atoms with Crippen LogP contribution in [0.25, 0.3) is 10.1 Å². The number of fused-ring (bicyclic) bond motifs is 1. The molecule has 0 spiro atoms. The first-order chi connectivity index (χ1) is 13.0. The maximum atomic E-state index is 12.3. The Morgan fingerprint density at radius 3 is 2.30 bits per heavy atom. The predicted molar refractivity (Wildman–Crippen MR) is 106 cm³/mol. The molecule has 0 saturated heterocycles. The van der Waals surface area contributed by atoms with Crippen LogP contribution in [-0.4, -0.2) is 24.3 Å². The normalized spacial score (nSPS) is 10.4. The molecular weight excluding hydrogens is 409 g/mol. The number of hydrogen-bond acceptors (Lipinski definition) is 4. The van der Waals surface area contributed by atoms with E-state index in [1.54, 1.807) is 12.1 Å². The highest BCUT2D eigenvalue weighted by molar-refractivity contribution is 7.21. The summed E-state index contributed by atoms with van der Waals surface area (Å²) in [7, 11) is 0. The molecule has 138 valence electrons. The fraction of sp³-hybridized carbons (Fsp3) is 0.0556. The van der Waals surface area contributed by atoms with E-state index in [1.165, 1.54) is 23.5 Å². The minimum Gasteiger partial charge on any atom is -0.342 e. The van der Waals surface area contributed by atoms with Gasteiger partial charge in [-0.15, -0.1) is 11.3 Å². The van der Waals surface area contributed by atoms with Crippen LogP contribution in [0.1, 0.15) is 20.0 Å². The van der Waals surface area contributed by atoms with E-state index in [1.807, 2.05) is 24.3 Å². The maximum Gasteiger partial charge on any atom is 0.269 e. The van der Waals surface area contributed by atoms with Crippen LogP contribution >= 0.6 is 34.5 Å². The van der Waals surface area contributed by atoms with Crippen LogP contribution in [0.3, 0.4) is 0 Å². The van der Waals surface area contributed by atoms with Gasteiger partial charge in [0, 0.05) is 20.7 Å². The molecule has 0 aliphatic heterocycles. The lowest BCUT2D eigenvalue weighted by molar-refractivity contribution is -0.120. The fourth-order valence-corrected chi connectivity index (χ4v) is 3.80. The number of halogens is 2. The van der Waals surface area contributed by atoms with Crippen LogP contribution in [-0.2, 0) is 4.79 Å². The Kier molecular flexibility index (Phi) is 5.95. The third-order valence-corrected chi connectivity index (χ3v) is 5.50. The standard InChI is InChI=1S/C18H13Cl2N3O3S/c19-11-7-5-10(6-8-11)17(25)23-22-14(24)9-21-18(26)16-15(20)12-3-1-2-4-13(12)27-16/h1-8H,9H2,(H,21,26)(H,22,24)(H,23,25). The van der Waals surface area contributed by atoms with Crippen molar-refractivity contribution in [1.29, 1.82) is 0 Å². The summed E-state index contributed by atoms with van der Waals surface area (Å²) in [4.78, 5) is 36.3. The van der Waals surface area contributed by atoms with Crippen LogP contribution in [0.15, 0.2) is 48.5 Å². The molecule has 0 atom stereocenters. The van der Waals surface area contributed by atoms with Crippen molar-refractivity contribution in [2.45, 2.75) is 0 Å². The molecule has 0 bridgehead atoms. The Labute approximate surface area is 168 Å². The van der Waals surface area contributed by atoms with Crippen molar-refractivity contribution in [2.75, 3.05) is 6.54 Å². The van der Waals surface area contributed by atoms with E-state index in [2.05, 4.69) is 16.2 Å². The van der Waals surface area contributed by atoms with E-state index in [0.29, 0.717) is 20.5 Å². The van der Waals surface area contributed by atoms with Crippen LogP contribution < -0.4 is 16.2 Å². The largest absolute Gasteiger partial charge is 0.342 e. The molecule has 0 radical (unpaired) electrons. The molecule has 1 aromatic heterocycles. The summed E-state index contributed by atoms with van der Waals surface area (Å²) < 4.78 is 0.882. The molecule has 0 unspecified atom stereocenters. The van der Waals surface area contributed by atoms with Crippen molar-refractivity contribution in [2.24, 2.45) is 0 Å². The van der Waals surface area contributed by atoms with Gasteiger partial charge in [0.25, 0.3) is 17.7 Å². The van der Waals surface area contributed by atoms with E-state index in [-0.39, 0.29) is 6.54 Å². The first kappa shape index (κ1) is 19.2. The number of nitrogens with one attached hydrogen (secondary N) is 3. The van der Waals surface area contributed by atoms with Crippen molar-refractivity contribution in [3.63, 3.8) is 0 Å². The molecule has 9 heteroatoms. The van der Waals surface area contributed by atoms with Crippen LogP contribution in [0, 0.1) is 0 Å². The Morgan fingerprint density at radius 2 is 1.59 bits per heavy atom. The van der Waals surface area contributed by atoms with E-state index in [9.17, 15) is 14.4 Å². The summed E-state index contributed by atoms with van der Waals surface area (Å²) in [5.74, 6) is -1.54. The molecule has 27 heavy (non-hydrogen) atoms. The zero-order valence-corrected chi connectivity index (χ0v) is 16.0. The zero-order chi connectivity index (χ0) is 19.4. The molecule has 2 aromatic carbocycles. The van der Waals surface area contributed by atoms with Crippen molar-refractivity contribution in [3.8, 4) is 0 Å². The summed E-state index contributed by atoms with van der Waals surface area (Å²) in [5, 5.41) is 4.11. The quantitative estimate of drug-likeness (QED) is 0.564. The van der Waals surface area contributed by atoms with Crippen molar-refractivity contribution in [1.82, 2.24) is 16.2 Å². The molecule has 0 saturated carbocycles. The molecular formula is C18H13Cl2N3O3S. The van der Waals surface area contributed by atoms with Crippen LogP contribution in [0.2, 0.25) is 10.0 Å². The second-order valence-corrected chi connectivity index (χ2v) is 7.30. The Morgan fingerprint density at radius 1 is 0.889 bits per heavy atom. The Bertz CT molecular complexity index is 1020. The molecule has 3 amide bonds. The average molecular weight is 422 g/mol. The lowest BCUT2D eigenvalue weighted by Gasteiger charge is -2.08. The molecule has 1 heterocycles.